The van der Waals surface area contributed by atoms with Gasteiger partial charge in [0.1, 0.15) is 29.8 Å². The zero-order chi connectivity index (χ0) is 23.9. The third-order valence-electron chi connectivity index (χ3n) is 5.78. The van der Waals surface area contributed by atoms with Crippen molar-refractivity contribution in [2.45, 2.75) is 19.4 Å². The quantitative estimate of drug-likeness (QED) is 0.684. The van der Waals surface area contributed by atoms with Crippen molar-refractivity contribution < 1.29 is 27.6 Å². The Balaban J connectivity index is 1.43. The van der Waals surface area contributed by atoms with Gasteiger partial charge in [-0.3, -0.25) is 14.5 Å². The molecule has 33 heavy (non-hydrogen) atoms. The molecular weight excluding hydrogens is 438 g/mol. The molecule has 0 aliphatic carbocycles. The molecule has 0 radical (unpaired) electrons. The van der Waals surface area contributed by atoms with Gasteiger partial charge in [0.25, 0.3) is 5.91 Å². The van der Waals surface area contributed by atoms with Crippen molar-refractivity contribution in [2.24, 2.45) is 0 Å². The summed E-state index contributed by atoms with van der Waals surface area (Å²) in [4.78, 5) is 46.2. The predicted octanol–water partition coefficient (Wildman–Crippen LogP) is 1.25. The second-order valence-corrected chi connectivity index (χ2v) is 7.94. The van der Waals surface area contributed by atoms with Crippen molar-refractivity contribution in [2.75, 3.05) is 37.6 Å². The third kappa shape index (κ3) is 3.86. The fourth-order valence-corrected chi connectivity index (χ4v) is 4.00. The van der Waals surface area contributed by atoms with Gasteiger partial charge in [0.05, 0.1) is 0 Å². The SMILES string of the molecule is Cc1nc(C#N)c(N2CCN(C(=O)CN3C(=O)NC(C)(c4cc(F)ccc4F)C3=O)CC2)o1. The van der Waals surface area contributed by atoms with Crippen molar-refractivity contribution in [1.29, 1.82) is 5.26 Å². The highest BCUT2D eigenvalue weighted by molar-refractivity contribution is 6.09. The van der Waals surface area contributed by atoms with Gasteiger partial charge in [0.15, 0.2) is 5.89 Å². The Bertz CT molecular complexity index is 1180. The normalized spacial score (nSPS) is 20.8. The van der Waals surface area contributed by atoms with E-state index in [-0.39, 0.29) is 24.3 Å². The lowest BCUT2D eigenvalue weighted by molar-refractivity contribution is -0.139. The lowest BCUT2D eigenvalue weighted by atomic mass is 9.91. The number of carbonyl (C=O) groups excluding carboxylic acids is 3. The molecule has 0 spiro atoms. The first-order valence-corrected chi connectivity index (χ1v) is 10.1. The number of carbonyl (C=O) groups is 3. The molecule has 1 aromatic heterocycles. The summed E-state index contributed by atoms with van der Waals surface area (Å²) in [6, 6.07) is 3.73. The van der Waals surface area contributed by atoms with E-state index in [1.807, 2.05) is 6.07 Å². The Kier molecular flexibility index (Phi) is 5.49. The smallest absolute Gasteiger partial charge is 0.325 e. The van der Waals surface area contributed by atoms with Gasteiger partial charge in [-0.25, -0.2) is 18.6 Å². The number of hydrogen-bond acceptors (Lipinski definition) is 7. The number of nitrogens with zero attached hydrogens (tertiary/aromatic N) is 5. The third-order valence-corrected chi connectivity index (χ3v) is 5.78. The standard InChI is InChI=1S/C21H20F2N6O4/c1-12-25-16(10-24)18(33-12)28-7-5-27(6-8-28)17(30)11-29-19(31)21(2,26-20(29)32)14-9-13(22)3-4-15(14)23/h3-4,9H,5-8,11H2,1-2H3,(H,26,32). The van der Waals surface area contributed by atoms with Crippen LogP contribution in [0.25, 0.3) is 0 Å². The van der Waals surface area contributed by atoms with Crippen LogP contribution < -0.4 is 10.2 Å². The molecule has 10 nitrogen and oxygen atoms in total. The number of benzene rings is 1. The number of anilines is 1. The van der Waals surface area contributed by atoms with Crippen LogP contribution in [0.15, 0.2) is 22.6 Å². The van der Waals surface area contributed by atoms with Gasteiger partial charge in [-0.15, -0.1) is 0 Å². The highest BCUT2D eigenvalue weighted by atomic mass is 19.1. The summed E-state index contributed by atoms with van der Waals surface area (Å²) in [7, 11) is 0. The van der Waals surface area contributed by atoms with Gasteiger partial charge in [0, 0.05) is 38.7 Å². The van der Waals surface area contributed by atoms with E-state index >= 15 is 0 Å². The number of rotatable bonds is 4. The highest BCUT2D eigenvalue weighted by Gasteiger charge is 2.51. The Morgan fingerprint density at radius 2 is 1.97 bits per heavy atom. The maximum atomic E-state index is 14.3. The lowest BCUT2D eigenvalue weighted by Gasteiger charge is -2.35. The Hall–Kier alpha value is -4.01. The van der Waals surface area contributed by atoms with E-state index in [0.717, 1.165) is 18.2 Å². The van der Waals surface area contributed by atoms with E-state index in [1.54, 1.807) is 11.8 Å². The van der Waals surface area contributed by atoms with Crippen LogP contribution in [0, 0.1) is 29.9 Å². The number of imide groups is 1. The van der Waals surface area contributed by atoms with E-state index in [9.17, 15) is 28.4 Å². The van der Waals surface area contributed by atoms with E-state index in [4.69, 9.17) is 4.42 Å². The zero-order valence-corrected chi connectivity index (χ0v) is 17.9. The number of nitrogens with one attached hydrogen (secondary N) is 1. The van der Waals surface area contributed by atoms with Crippen molar-refractivity contribution >= 4 is 23.7 Å². The summed E-state index contributed by atoms with van der Waals surface area (Å²) >= 11 is 0. The summed E-state index contributed by atoms with van der Waals surface area (Å²) < 4.78 is 33.4. The monoisotopic (exact) mass is 458 g/mol. The van der Waals surface area contributed by atoms with Crippen LogP contribution in [0.3, 0.4) is 0 Å². The number of piperazine rings is 1. The molecule has 2 aromatic rings. The maximum absolute atomic E-state index is 14.3. The number of amides is 4. The molecule has 0 bridgehead atoms. The Morgan fingerprint density at radius 1 is 1.27 bits per heavy atom. The summed E-state index contributed by atoms with van der Waals surface area (Å²) in [6.45, 7) is 3.61. The van der Waals surface area contributed by atoms with Crippen LogP contribution in [-0.4, -0.2) is 65.4 Å². The molecule has 1 N–H and O–H groups in total. The second-order valence-electron chi connectivity index (χ2n) is 7.94. The second kappa shape index (κ2) is 8.16. The minimum absolute atomic E-state index is 0.162. The molecule has 2 aliphatic heterocycles. The maximum Gasteiger partial charge on any atom is 0.325 e. The summed E-state index contributed by atoms with van der Waals surface area (Å²) in [5.41, 5.74) is -1.99. The predicted molar refractivity (Wildman–Crippen MR) is 109 cm³/mol. The summed E-state index contributed by atoms with van der Waals surface area (Å²) in [5, 5.41) is 11.6. The molecule has 1 aromatic carbocycles. The van der Waals surface area contributed by atoms with E-state index in [2.05, 4.69) is 10.3 Å². The fourth-order valence-electron chi connectivity index (χ4n) is 4.00. The fraction of sp³-hybridized carbons (Fsp3) is 0.381. The number of halogens is 2. The van der Waals surface area contributed by atoms with Crippen LogP contribution in [0.1, 0.15) is 24.1 Å². The van der Waals surface area contributed by atoms with Crippen LogP contribution in [0.2, 0.25) is 0 Å². The van der Waals surface area contributed by atoms with Crippen LogP contribution in [0.4, 0.5) is 19.5 Å². The van der Waals surface area contributed by atoms with Crippen LogP contribution in [0.5, 0.6) is 0 Å². The number of aromatic nitrogens is 1. The van der Waals surface area contributed by atoms with E-state index in [1.165, 1.54) is 11.8 Å². The average molecular weight is 458 g/mol. The van der Waals surface area contributed by atoms with E-state index in [0.29, 0.717) is 29.8 Å². The molecule has 2 aliphatic rings. The molecule has 172 valence electrons. The minimum Gasteiger partial charge on any atom is -0.424 e. The first-order valence-electron chi connectivity index (χ1n) is 10.1. The average Bonchev–Trinajstić information content (AvgIpc) is 3.28. The highest BCUT2D eigenvalue weighted by Crippen LogP contribution is 2.31. The number of oxazole rings is 1. The van der Waals surface area contributed by atoms with Gasteiger partial charge < -0.3 is 19.5 Å². The van der Waals surface area contributed by atoms with Crippen LogP contribution in [-0.2, 0) is 15.1 Å². The topological polar surface area (TPSA) is 123 Å². The number of hydrogen-bond donors (Lipinski definition) is 1. The molecule has 2 fully saturated rings. The minimum atomic E-state index is -1.83. The largest absolute Gasteiger partial charge is 0.424 e. The van der Waals surface area contributed by atoms with Crippen LogP contribution >= 0.6 is 0 Å². The molecule has 12 heteroatoms. The van der Waals surface area contributed by atoms with Crippen molar-refractivity contribution in [3.05, 3.63) is 47.0 Å². The molecule has 0 saturated carbocycles. The number of nitriles is 1. The lowest BCUT2D eigenvalue weighted by Crippen LogP contribution is -2.52. The van der Waals surface area contributed by atoms with Gasteiger partial charge in [0.2, 0.25) is 17.5 Å². The van der Waals surface area contributed by atoms with Gasteiger partial charge in [-0.2, -0.15) is 5.26 Å². The molecule has 1 atom stereocenters. The first-order chi connectivity index (χ1) is 15.6. The number of urea groups is 1. The number of aryl methyl sites for hydroxylation is 1. The molecular formula is C21H20F2N6O4. The van der Waals surface area contributed by atoms with Crippen molar-refractivity contribution in [1.82, 2.24) is 20.1 Å². The molecule has 3 heterocycles. The van der Waals surface area contributed by atoms with Gasteiger partial charge in [-0.05, 0) is 25.1 Å². The molecule has 1 unspecified atom stereocenters. The molecule has 4 amide bonds. The van der Waals surface area contributed by atoms with Crippen molar-refractivity contribution in [3.8, 4) is 6.07 Å². The van der Waals surface area contributed by atoms with Gasteiger partial charge in [-0.1, -0.05) is 0 Å². The van der Waals surface area contributed by atoms with E-state index < -0.39 is 41.6 Å². The summed E-state index contributed by atoms with van der Waals surface area (Å²) in [6.07, 6.45) is 0. The Labute approximate surface area is 187 Å². The van der Waals surface area contributed by atoms with Crippen molar-refractivity contribution in [3.63, 3.8) is 0 Å². The summed E-state index contributed by atoms with van der Waals surface area (Å²) in [5.74, 6) is -2.24. The molecule has 4 rings (SSSR count). The molecule has 2 saturated heterocycles. The zero-order valence-electron chi connectivity index (χ0n) is 17.9. The van der Waals surface area contributed by atoms with Gasteiger partial charge >= 0.3 is 6.03 Å². The Morgan fingerprint density at radius 3 is 2.64 bits per heavy atom. The first kappa shape index (κ1) is 22.2.